The second-order valence-electron chi connectivity index (χ2n) is 8.20. The van der Waals surface area contributed by atoms with E-state index in [1.807, 2.05) is 55.1 Å². The molecule has 0 bridgehead atoms. The van der Waals surface area contributed by atoms with E-state index in [4.69, 9.17) is 13.9 Å². The molecule has 1 saturated heterocycles. The van der Waals surface area contributed by atoms with Gasteiger partial charge in [-0.3, -0.25) is 9.69 Å². The number of benzene rings is 2. The molecule has 6 heteroatoms. The van der Waals surface area contributed by atoms with Crippen molar-refractivity contribution in [3.63, 3.8) is 0 Å². The highest BCUT2D eigenvalue weighted by Crippen LogP contribution is 2.24. The molecule has 2 heterocycles. The van der Waals surface area contributed by atoms with Crippen molar-refractivity contribution in [1.82, 2.24) is 9.80 Å². The van der Waals surface area contributed by atoms with Crippen molar-refractivity contribution in [3.8, 4) is 11.5 Å². The summed E-state index contributed by atoms with van der Waals surface area (Å²) in [5, 5.41) is 0. The molecule has 0 saturated carbocycles. The van der Waals surface area contributed by atoms with Crippen LogP contribution < -0.4 is 9.47 Å². The van der Waals surface area contributed by atoms with Crippen LogP contribution in [0.5, 0.6) is 11.5 Å². The highest BCUT2D eigenvalue weighted by atomic mass is 16.5. The first-order chi connectivity index (χ1) is 15.5. The maximum Gasteiger partial charge on any atom is 0.289 e. The molecule has 1 fully saturated rings. The number of para-hydroxylation sites is 1. The summed E-state index contributed by atoms with van der Waals surface area (Å²) < 4.78 is 17.1. The normalized spacial score (nSPS) is 14.4. The first kappa shape index (κ1) is 22.0. The Balaban J connectivity index is 1.29. The van der Waals surface area contributed by atoms with Gasteiger partial charge in [-0.05, 0) is 54.8 Å². The number of aryl methyl sites for hydroxylation is 2. The Bertz CT molecular complexity index is 1050. The summed E-state index contributed by atoms with van der Waals surface area (Å²) in [6.45, 7) is 8.20. The van der Waals surface area contributed by atoms with Crippen molar-refractivity contribution in [3.05, 3.63) is 82.8 Å². The van der Waals surface area contributed by atoms with Gasteiger partial charge in [0.2, 0.25) is 0 Å². The minimum atomic E-state index is -0.0654. The summed E-state index contributed by atoms with van der Waals surface area (Å²) in [4.78, 5) is 17.1. The summed E-state index contributed by atoms with van der Waals surface area (Å²) in [5.74, 6) is 2.68. The number of hydrogen-bond donors (Lipinski definition) is 0. The Hall–Kier alpha value is -3.25. The van der Waals surface area contributed by atoms with Crippen LogP contribution in [-0.2, 0) is 13.2 Å². The first-order valence-corrected chi connectivity index (χ1v) is 11.0. The van der Waals surface area contributed by atoms with Crippen LogP contribution in [0.1, 0.15) is 33.0 Å². The van der Waals surface area contributed by atoms with E-state index in [2.05, 4.69) is 17.0 Å². The minimum absolute atomic E-state index is 0.0654. The third-order valence-electron chi connectivity index (χ3n) is 5.84. The predicted molar refractivity (Wildman–Crippen MR) is 123 cm³/mol. The molecule has 0 spiro atoms. The summed E-state index contributed by atoms with van der Waals surface area (Å²) in [5.41, 5.74) is 3.38. The minimum Gasteiger partial charge on any atom is -0.497 e. The van der Waals surface area contributed by atoms with Gasteiger partial charge in [0.1, 0.15) is 23.9 Å². The molecule has 0 N–H and O–H groups in total. The molecule has 1 amide bonds. The van der Waals surface area contributed by atoms with Crippen LogP contribution in [0.3, 0.4) is 0 Å². The lowest BCUT2D eigenvalue weighted by atomic mass is 10.1. The zero-order valence-corrected chi connectivity index (χ0v) is 19.0. The van der Waals surface area contributed by atoms with Gasteiger partial charge in [-0.25, -0.2) is 0 Å². The fraction of sp³-hybridized carbons (Fsp3) is 0.346. The Morgan fingerprint density at radius 1 is 0.969 bits per heavy atom. The number of piperazine rings is 1. The fourth-order valence-corrected chi connectivity index (χ4v) is 4.03. The van der Waals surface area contributed by atoms with Gasteiger partial charge in [-0.15, -0.1) is 0 Å². The molecule has 0 unspecified atom stereocenters. The van der Waals surface area contributed by atoms with Crippen molar-refractivity contribution in [2.45, 2.75) is 27.0 Å². The summed E-state index contributed by atoms with van der Waals surface area (Å²) >= 11 is 0. The second kappa shape index (κ2) is 9.92. The van der Waals surface area contributed by atoms with Gasteiger partial charge in [0.05, 0.1) is 7.11 Å². The second-order valence-corrected chi connectivity index (χ2v) is 8.20. The highest BCUT2D eigenvalue weighted by Gasteiger charge is 2.24. The molecule has 6 nitrogen and oxygen atoms in total. The largest absolute Gasteiger partial charge is 0.497 e. The summed E-state index contributed by atoms with van der Waals surface area (Å²) in [6.07, 6.45) is 0. The molecule has 3 aromatic rings. The lowest BCUT2D eigenvalue weighted by Crippen LogP contribution is -2.48. The number of furan rings is 1. The third kappa shape index (κ3) is 5.14. The van der Waals surface area contributed by atoms with Gasteiger partial charge in [0.15, 0.2) is 5.76 Å². The molecule has 0 aliphatic carbocycles. The van der Waals surface area contributed by atoms with Gasteiger partial charge < -0.3 is 18.8 Å². The molecule has 0 atom stereocenters. The van der Waals surface area contributed by atoms with Crippen LogP contribution in [0.25, 0.3) is 0 Å². The van der Waals surface area contributed by atoms with Crippen molar-refractivity contribution in [2.75, 3.05) is 33.3 Å². The smallest absolute Gasteiger partial charge is 0.289 e. The lowest BCUT2D eigenvalue weighted by Gasteiger charge is -2.34. The van der Waals surface area contributed by atoms with Gasteiger partial charge in [-0.2, -0.15) is 0 Å². The fourth-order valence-electron chi connectivity index (χ4n) is 4.03. The van der Waals surface area contributed by atoms with Gasteiger partial charge in [-0.1, -0.05) is 30.3 Å². The molecule has 0 radical (unpaired) electrons. The SMILES string of the molecule is COc1cccc(CN2CCN(C(=O)c3ccc(COc4c(C)cccc4C)o3)CC2)c1. The molecule has 32 heavy (non-hydrogen) atoms. The number of methoxy groups -OCH3 is 1. The molecule has 1 aliphatic rings. The molecule has 2 aromatic carbocycles. The first-order valence-electron chi connectivity index (χ1n) is 11.0. The number of carbonyl (C=O) groups is 1. The van der Waals surface area contributed by atoms with Crippen molar-refractivity contribution in [2.24, 2.45) is 0 Å². The Morgan fingerprint density at radius 2 is 1.69 bits per heavy atom. The van der Waals surface area contributed by atoms with E-state index < -0.39 is 0 Å². The van der Waals surface area contributed by atoms with E-state index in [-0.39, 0.29) is 5.91 Å². The van der Waals surface area contributed by atoms with Crippen molar-refractivity contribution < 1.29 is 18.7 Å². The molecule has 1 aliphatic heterocycles. The van der Waals surface area contributed by atoms with Crippen LogP contribution in [-0.4, -0.2) is 49.0 Å². The topological polar surface area (TPSA) is 55.2 Å². The Kier molecular flexibility index (Phi) is 6.81. The number of hydrogen-bond acceptors (Lipinski definition) is 5. The van der Waals surface area contributed by atoms with Crippen LogP contribution in [0.15, 0.2) is 59.0 Å². The molecular weight excluding hydrogens is 404 g/mol. The van der Waals surface area contributed by atoms with Gasteiger partial charge in [0, 0.05) is 32.7 Å². The molecule has 1 aromatic heterocycles. The number of nitrogens with zero attached hydrogens (tertiary/aromatic N) is 2. The quantitative estimate of drug-likeness (QED) is 0.550. The molecule has 4 rings (SSSR count). The van der Waals surface area contributed by atoms with E-state index >= 15 is 0 Å². The summed E-state index contributed by atoms with van der Waals surface area (Å²) in [7, 11) is 1.68. The van der Waals surface area contributed by atoms with Gasteiger partial charge >= 0.3 is 0 Å². The average molecular weight is 435 g/mol. The third-order valence-corrected chi connectivity index (χ3v) is 5.84. The standard InChI is InChI=1S/C26H30N2O4/c1-19-6-4-7-20(2)25(19)31-18-23-10-11-24(32-23)26(29)28-14-12-27(13-15-28)17-21-8-5-9-22(16-21)30-3/h4-11,16H,12-15,17-18H2,1-3H3. The van der Waals surface area contributed by atoms with Crippen LogP contribution in [0, 0.1) is 13.8 Å². The summed E-state index contributed by atoms with van der Waals surface area (Å²) in [6, 6.07) is 17.7. The van der Waals surface area contributed by atoms with Crippen molar-refractivity contribution in [1.29, 1.82) is 0 Å². The molecule has 168 valence electrons. The van der Waals surface area contributed by atoms with E-state index in [0.29, 0.717) is 31.2 Å². The maximum absolute atomic E-state index is 12.9. The van der Waals surface area contributed by atoms with Crippen LogP contribution in [0.4, 0.5) is 0 Å². The van der Waals surface area contributed by atoms with E-state index in [1.54, 1.807) is 13.2 Å². The van der Waals surface area contributed by atoms with Crippen LogP contribution >= 0.6 is 0 Å². The van der Waals surface area contributed by atoms with E-state index in [1.165, 1.54) is 5.56 Å². The predicted octanol–water partition coefficient (Wildman–Crippen LogP) is 4.44. The van der Waals surface area contributed by atoms with Crippen LogP contribution in [0.2, 0.25) is 0 Å². The highest BCUT2D eigenvalue weighted by molar-refractivity contribution is 5.91. The number of amides is 1. The van der Waals surface area contributed by atoms with Crippen molar-refractivity contribution >= 4 is 5.91 Å². The lowest BCUT2D eigenvalue weighted by molar-refractivity contribution is 0.0594. The van der Waals surface area contributed by atoms with E-state index in [9.17, 15) is 4.79 Å². The zero-order chi connectivity index (χ0) is 22.5. The van der Waals surface area contributed by atoms with Gasteiger partial charge in [0.25, 0.3) is 5.91 Å². The number of rotatable bonds is 7. The number of carbonyl (C=O) groups excluding carboxylic acids is 1. The zero-order valence-electron chi connectivity index (χ0n) is 19.0. The Morgan fingerprint density at radius 3 is 2.41 bits per heavy atom. The Labute approximate surface area is 189 Å². The maximum atomic E-state index is 12.9. The molecular formula is C26H30N2O4. The average Bonchev–Trinajstić information content (AvgIpc) is 3.28. The monoisotopic (exact) mass is 434 g/mol. The number of ether oxygens (including phenoxy) is 2. The van der Waals surface area contributed by atoms with E-state index in [0.717, 1.165) is 42.3 Å².